The first-order valence-electron chi connectivity index (χ1n) is 12.7. The average molecular weight is 586 g/mol. The maximum absolute atomic E-state index is 13.8. The Morgan fingerprint density at radius 1 is 1.23 bits per heavy atom. The van der Waals surface area contributed by atoms with E-state index in [-0.39, 0.29) is 11.2 Å². The molecule has 2 atom stereocenters. The van der Waals surface area contributed by atoms with Gasteiger partial charge in [-0.3, -0.25) is 0 Å². The first kappa shape index (κ1) is 27.7. The lowest BCUT2D eigenvalue weighted by atomic mass is 9.80. The van der Waals surface area contributed by atoms with Crippen molar-refractivity contribution >= 4 is 46.3 Å². The van der Waals surface area contributed by atoms with Crippen molar-refractivity contribution in [2.24, 2.45) is 11.8 Å². The van der Waals surface area contributed by atoms with E-state index in [1.165, 1.54) is 16.9 Å². The Bertz CT molecular complexity index is 1360. The summed E-state index contributed by atoms with van der Waals surface area (Å²) in [5, 5.41) is 15.8. The zero-order chi connectivity index (χ0) is 27.9. The summed E-state index contributed by atoms with van der Waals surface area (Å²) in [4.78, 5) is 23.8. The fourth-order valence-corrected chi connectivity index (χ4v) is 6.05. The summed E-state index contributed by atoms with van der Waals surface area (Å²) in [6.07, 6.45) is -2.20. The fourth-order valence-electron chi connectivity index (χ4n) is 5.48. The number of alkyl halides is 3. The van der Waals surface area contributed by atoms with Crippen molar-refractivity contribution in [2.45, 2.75) is 32.0 Å². The number of halogens is 5. The maximum Gasteiger partial charge on any atom is 0.437 e. The molecule has 2 saturated heterocycles. The van der Waals surface area contributed by atoms with E-state index in [0.29, 0.717) is 46.4 Å². The standard InChI is InChI=1S/C25H28Cl2F3N7O2/c1-14(18-5-4-17(26)9-19(18)27)37-23-21(22(34-37)25(28,29)30)32-10-20(33-23)36-12-16(13-36)15-3-2-7-35(11-15)8-6-31-24(38)39/h4-5,9-10,14-16,31H,2-3,6-8,11-13H2,1H3,(H,38,39)/t14-,15+/m1/s1. The SMILES string of the molecule is C[C@H](c1ccc(Cl)cc1Cl)n1nc(C(F)(F)F)c2ncc(N3CC([C@H]4CCCN(CCNC(=O)O)C4)C3)nc21. The molecule has 0 saturated carbocycles. The van der Waals surface area contributed by atoms with Gasteiger partial charge >= 0.3 is 12.3 Å². The number of benzene rings is 1. The minimum Gasteiger partial charge on any atom is -0.465 e. The second-order valence-corrected chi connectivity index (χ2v) is 11.0. The van der Waals surface area contributed by atoms with Gasteiger partial charge in [-0.25, -0.2) is 19.4 Å². The molecule has 1 aromatic carbocycles. The van der Waals surface area contributed by atoms with Crippen LogP contribution >= 0.6 is 23.2 Å². The van der Waals surface area contributed by atoms with Gasteiger partial charge in [0.05, 0.1) is 12.2 Å². The van der Waals surface area contributed by atoms with E-state index >= 15 is 0 Å². The van der Waals surface area contributed by atoms with Gasteiger partial charge in [-0.2, -0.15) is 18.3 Å². The van der Waals surface area contributed by atoms with Crippen LogP contribution in [0.2, 0.25) is 10.0 Å². The van der Waals surface area contributed by atoms with Gasteiger partial charge in [0, 0.05) is 42.8 Å². The number of carbonyl (C=O) groups is 1. The first-order valence-corrected chi connectivity index (χ1v) is 13.5. The van der Waals surface area contributed by atoms with Gasteiger partial charge in [-0.15, -0.1) is 0 Å². The van der Waals surface area contributed by atoms with Crippen LogP contribution in [0.25, 0.3) is 11.2 Å². The molecular weight excluding hydrogens is 558 g/mol. The van der Waals surface area contributed by atoms with Gasteiger partial charge in [-0.05, 0) is 55.8 Å². The highest BCUT2D eigenvalue weighted by Crippen LogP contribution is 2.38. The van der Waals surface area contributed by atoms with Gasteiger partial charge in [0.2, 0.25) is 0 Å². The second-order valence-electron chi connectivity index (χ2n) is 10.1. The van der Waals surface area contributed by atoms with E-state index in [4.69, 9.17) is 28.3 Å². The Kier molecular flexibility index (Phi) is 7.80. The van der Waals surface area contributed by atoms with Crippen molar-refractivity contribution in [3.63, 3.8) is 0 Å². The molecule has 0 aliphatic carbocycles. The van der Waals surface area contributed by atoms with E-state index in [1.807, 2.05) is 4.90 Å². The molecule has 0 spiro atoms. The zero-order valence-electron chi connectivity index (χ0n) is 21.1. The highest BCUT2D eigenvalue weighted by Gasteiger charge is 2.40. The number of nitrogens with zero attached hydrogens (tertiary/aromatic N) is 6. The normalized spacial score (nSPS) is 19.7. The molecule has 2 aliphatic rings. The molecule has 210 valence electrons. The Morgan fingerprint density at radius 2 is 2.00 bits per heavy atom. The Hall–Kier alpha value is -2.83. The quantitative estimate of drug-likeness (QED) is 0.394. The van der Waals surface area contributed by atoms with Gasteiger partial charge in [0.25, 0.3) is 0 Å². The lowest BCUT2D eigenvalue weighted by molar-refractivity contribution is -0.140. The number of hydrogen-bond acceptors (Lipinski definition) is 6. The van der Waals surface area contributed by atoms with E-state index in [9.17, 15) is 18.0 Å². The summed E-state index contributed by atoms with van der Waals surface area (Å²) in [5.74, 6) is 1.38. The third-order valence-electron chi connectivity index (χ3n) is 7.59. The van der Waals surface area contributed by atoms with Crippen LogP contribution in [-0.4, -0.2) is 75.1 Å². The molecule has 9 nitrogen and oxygen atoms in total. The highest BCUT2D eigenvalue weighted by molar-refractivity contribution is 6.35. The van der Waals surface area contributed by atoms with Crippen molar-refractivity contribution in [1.82, 2.24) is 30.0 Å². The van der Waals surface area contributed by atoms with E-state index in [2.05, 4.69) is 25.3 Å². The number of carboxylic acid groups (broad SMARTS) is 1. The molecule has 4 heterocycles. The van der Waals surface area contributed by atoms with E-state index < -0.39 is 24.0 Å². The van der Waals surface area contributed by atoms with Crippen molar-refractivity contribution in [1.29, 1.82) is 0 Å². The molecule has 2 N–H and O–H groups in total. The number of aromatic nitrogens is 4. The molecule has 0 radical (unpaired) electrons. The average Bonchev–Trinajstić information content (AvgIpc) is 3.22. The van der Waals surface area contributed by atoms with Crippen molar-refractivity contribution in [3.05, 3.63) is 45.7 Å². The predicted octanol–water partition coefficient (Wildman–Crippen LogP) is 5.18. The number of anilines is 1. The number of hydrogen-bond donors (Lipinski definition) is 2. The second kappa shape index (κ2) is 11.0. The topological polar surface area (TPSA) is 99.4 Å². The number of rotatable bonds is 7. The monoisotopic (exact) mass is 585 g/mol. The molecule has 39 heavy (non-hydrogen) atoms. The molecule has 2 aliphatic heterocycles. The molecule has 2 fully saturated rings. The molecule has 0 bridgehead atoms. The lowest BCUT2D eigenvalue weighted by Crippen LogP contribution is -2.54. The van der Waals surface area contributed by atoms with Crippen LogP contribution < -0.4 is 10.2 Å². The van der Waals surface area contributed by atoms with Crippen molar-refractivity contribution < 1.29 is 23.1 Å². The molecule has 3 aromatic rings. The fraction of sp³-hybridized carbons (Fsp3) is 0.520. The first-order chi connectivity index (χ1) is 18.5. The lowest BCUT2D eigenvalue weighted by Gasteiger charge is -2.47. The van der Waals surface area contributed by atoms with Crippen LogP contribution in [-0.2, 0) is 6.18 Å². The van der Waals surface area contributed by atoms with Crippen molar-refractivity contribution in [3.8, 4) is 0 Å². The number of piperidine rings is 1. The number of likely N-dealkylation sites (tertiary alicyclic amines) is 1. The largest absolute Gasteiger partial charge is 0.465 e. The van der Waals surface area contributed by atoms with Gasteiger partial charge in [0.15, 0.2) is 11.3 Å². The maximum atomic E-state index is 13.8. The summed E-state index contributed by atoms with van der Waals surface area (Å²) in [5.41, 5.74) is -0.791. The van der Waals surface area contributed by atoms with E-state index in [1.54, 1.807) is 19.1 Å². The van der Waals surface area contributed by atoms with Gasteiger partial charge in [-0.1, -0.05) is 29.3 Å². The Morgan fingerprint density at radius 3 is 2.69 bits per heavy atom. The Labute approximate surface area is 232 Å². The molecule has 14 heteroatoms. The molecule has 0 unspecified atom stereocenters. The number of amides is 1. The third-order valence-corrected chi connectivity index (χ3v) is 8.15. The van der Waals surface area contributed by atoms with Crippen LogP contribution in [0.3, 0.4) is 0 Å². The van der Waals surface area contributed by atoms with Crippen molar-refractivity contribution in [2.75, 3.05) is 44.2 Å². The summed E-state index contributed by atoms with van der Waals surface area (Å²) in [7, 11) is 0. The molecule has 2 aromatic heterocycles. The zero-order valence-corrected chi connectivity index (χ0v) is 22.6. The number of nitrogens with one attached hydrogen (secondary N) is 1. The number of fused-ring (bicyclic) bond motifs is 1. The predicted molar refractivity (Wildman–Crippen MR) is 141 cm³/mol. The van der Waals surface area contributed by atoms with Crippen LogP contribution in [0, 0.1) is 11.8 Å². The molecular formula is C25H28Cl2F3N7O2. The van der Waals surface area contributed by atoms with Crippen LogP contribution in [0.15, 0.2) is 24.4 Å². The van der Waals surface area contributed by atoms with Crippen LogP contribution in [0.1, 0.15) is 37.1 Å². The van der Waals surface area contributed by atoms with Gasteiger partial charge in [0.1, 0.15) is 11.3 Å². The van der Waals surface area contributed by atoms with Crippen LogP contribution in [0.4, 0.5) is 23.8 Å². The summed E-state index contributed by atoms with van der Waals surface area (Å²) in [6, 6.07) is 4.18. The van der Waals surface area contributed by atoms with Crippen LogP contribution in [0.5, 0.6) is 0 Å². The summed E-state index contributed by atoms with van der Waals surface area (Å²) < 4.78 is 42.7. The Balaban J connectivity index is 1.34. The van der Waals surface area contributed by atoms with Gasteiger partial charge < -0.3 is 20.2 Å². The third kappa shape index (κ3) is 5.87. The summed E-state index contributed by atoms with van der Waals surface area (Å²) in [6.45, 7) is 6.06. The van der Waals surface area contributed by atoms with E-state index in [0.717, 1.165) is 39.0 Å². The minimum atomic E-state index is -4.70. The molecule has 1 amide bonds. The highest BCUT2D eigenvalue weighted by atomic mass is 35.5. The summed E-state index contributed by atoms with van der Waals surface area (Å²) >= 11 is 12.4. The minimum absolute atomic E-state index is 0.0385. The molecule has 5 rings (SSSR count). The smallest absolute Gasteiger partial charge is 0.437 e.